The van der Waals surface area contributed by atoms with E-state index in [0.29, 0.717) is 5.69 Å². The van der Waals surface area contributed by atoms with Gasteiger partial charge in [-0.15, -0.1) is 0 Å². The molecule has 0 aromatic carbocycles. The van der Waals surface area contributed by atoms with Crippen LogP contribution in [0.25, 0.3) is 0 Å². The summed E-state index contributed by atoms with van der Waals surface area (Å²) in [6.07, 6.45) is 8.41. The lowest BCUT2D eigenvalue weighted by Gasteiger charge is -2.20. The van der Waals surface area contributed by atoms with Gasteiger partial charge >= 0.3 is 0 Å². The van der Waals surface area contributed by atoms with E-state index in [4.69, 9.17) is 5.73 Å². The molecule has 4 heteroatoms. The van der Waals surface area contributed by atoms with Crippen LogP contribution in [0.15, 0.2) is 0 Å². The van der Waals surface area contributed by atoms with Gasteiger partial charge in [-0.1, -0.05) is 32.1 Å². The number of hydrogen-bond acceptors (Lipinski definition) is 2. The van der Waals surface area contributed by atoms with Gasteiger partial charge in [0.25, 0.3) is 0 Å². The van der Waals surface area contributed by atoms with E-state index in [2.05, 4.69) is 10.2 Å². The van der Waals surface area contributed by atoms with Crippen molar-refractivity contribution in [2.24, 2.45) is 5.92 Å². The maximum absolute atomic E-state index is 13.3. The highest BCUT2D eigenvalue weighted by Gasteiger charge is 2.16. The van der Waals surface area contributed by atoms with Crippen LogP contribution in [0.3, 0.4) is 0 Å². The lowest BCUT2D eigenvalue weighted by atomic mass is 9.86. The van der Waals surface area contributed by atoms with Gasteiger partial charge in [0.2, 0.25) is 0 Å². The summed E-state index contributed by atoms with van der Waals surface area (Å²) >= 11 is 0. The third kappa shape index (κ3) is 2.49. The molecule has 0 aliphatic heterocycles. The van der Waals surface area contributed by atoms with Gasteiger partial charge in [-0.25, -0.2) is 4.39 Å². The minimum absolute atomic E-state index is 0.00589. The van der Waals surface area contributed by atoms with Crippen molar-refractivity contribution < 1.29 is 4.39 Å². The fourth-order valence-electron chi connectivity index (χ4n) is 2.37. The summed E-state index contributed by atoms with van der Waals surface area (Å²) < 4.78 is 13.3. The molecule has 1 fully saturated rings. The van der Waals surface area contributed by atoms with Crippen LogP contribution in [0.5, 0.6) is 0 Å². The largest absolute Gasteiger partial charge is 0.380 e. The quantitative estimate of drug-likeness (QED) is 0.807. The second-order valence-electron chi connectivity index (χ2n) is 4.44. The first-order chi connectivity index (χ1) is 7.27. The fraction of sp³-hybridized carbons (Fsp3) is 0.727. The van der Waals surface area contributed by atoms with E-state index in [9.17, 15) is 4.39 Å². The van der Waals surface area contributed by atoms with Crippen molar-refractivity contribution in [1.82, 2.24) is 10.2 Å². The molecule has 0 spiro atoms. The zero-order valence-corrected chi connectivity index (χ0v) is 8.93. The molecule has 3 N–H and O–H groups in total. The number of halogens is 1. The van der Waals surface area contributed by atoms with Crippen molar-refractivity contribution in [2.75, 3.05) is 5.73 Å². The third-order valence-electron chi connectivity index (χ3n) is 3.33. The fourth-order valence-corrected chi connectivity index (χ4v) is 2.37. The molecule has 1 aliphatic rings. The Kier molecular flexibility index (Phi) is 3.23. The van der Waals surface area contributed by atoms with Gasteiger partial charge in [0.05, 0.1) is 5.69 Å². The van der Waals surface area contributed by atoms with Gasteiger partial charge in [0.15, 0.2) is 11.6 Å². The molecular weight excluding hydrogens is 193 g/mol. The van der Waals surface area contributed by atoms with Crippen LogP contribution in [0.2, 0.25) is 0 Å². The summed E-state index contributed by atoms with van der Waals surface area (Å²) in [5.41, 5.74) is 5.90. The third-order valence-corrected chi connectivity index (χ3v) is 3.33. The molecule has 0 unspecified atom stereocenters. The van der Waals surface area contributed by atoms with Crippen LogP contribution in [0.4, 0.5) is 10.2 Å². The molecule has 84 valence electrons. The molecule has 1 saturated carbocycles. The summed E-state index contributed by atoms with van der Waals surface area (Å²) in [5.74, 6) is 0.405. The van der Waals surface area contributed by atoms with Crippen molar-refractivity contribution in [3.05, 3.63) is 11.5 Å². The van der Waals surface area contributed by atoms with E-state index < -0.39 is 0 Å². The summed E-state index contributed by atoms with van der Waals surface area (Å²) in [7, 11) is 0. The summed E-state index contributed by atoms with van der Waals surface area (Å²) in [4.78, 5) is 0. The second kappa shape index (κ2) is 4.64. The van der Waals surface area contributed by atoms with Crippen molar-refractivity contribution in [1.29, 1.82) is 0 Å². The van der Waals surface area contributed by atoms with Crippen molar-refractivity contribution in [3.8, 4) is 0 Å². The molecular formula is C11H18FN3. The molecule has 1 aromatic rings. The number of nitrogens with zero attached hydrogens (tertiary/aromatic N) is 1. The predicted molar refractivity (Wildman–Crippen MR) is 57.9 cm³/mol. The number of aromatic amines is 1. The van der Waals surface area contributed by atoms with Gasteiger partial charge in [-0.05, 0) is 18.8 Å². The number of nitrogens with one attached hydrogen (secondary N) is 1. The van der Waals surface area contributed by atoms with Gasteiger partial charge in [-0.2, -0.15) is 5.10 Å². The Morgan fingerprint density at radius 3 is 2.67 bits per heavy atom. The molecule has 2 rings (SSSR count). The number of nitrogen functional groups attached to an aromatic ring is 1. The Balaban J connectivity index is 1.84. The molecule has 1 aromatic heterocycles. The zero-order valence-electron chi connectivity index (χ0n) is 8.93. The number of hydrogen-bond donors (Lipinski definition) is 2. The molecule has 1 aliphatic carbocycles. The minimum atomic E-state index is -0.356. The van der Waals surface area contributed by atoms with Crippen LogP contribution in [-0.2, 0) is 6.42 Å². The summed E-state index contributed by atoms with van der Waals surface area (Å²) in [6.45, 7) is 0. The van der Waals surface area contributed by atoms with Crippen LogP contribution in [0.1, 0.15) is 44.2 Å². The Morgan fingerprint density at radius 1 is 1.33 bits per heavy atom. The van der Waals surface area contributed by atoms with E-state index in [-0.39, 0.29) is 11.6 Å². The highest BCUT2D eigenvalue weighted by molar-refractivity contribution is 5.31. The average Bonchev–Trinajstić information content (AvgIpc) is 2.59. The molecule has 0 radical (unpaired) electrons. The topological polar surface area (TPSA) is 54.7 Å². The maximum Gasteiger partial charge on any atom is 0.187 e. The minimum Gasteiger partial charge on any atom is -0.380 e. The molecule has 1 heterocycles. The summed E-state index contributed by atoms with van der Waals surface area (Å²) in [6, 6.07) is 0. The molecule has 0 atom stereocenters. The summed E-state index contributed by atoms with van der Waals surface area (Å²) in [5, 5.41) is 6.32. The van der Waals surface area contributed by atoms with Crippen LogP contribution in [-0.4, -0.2) is 10.2 Å². The van der Waals surface area contributed by atoms with Gasteiger partial charge in [0.1, 0.15) is 0 Å². The number of rotatable bonds is 3. The molecule has 15 heavy (non-hydrogen) atoms. The highest BCUT2D eigenvalue weighted by Crippen LogP contribution is 2.27. The van der Waals surface area contributed by atoms with Crippen LogP contribution >= 0.6 is 0 Å². The first-order valence-corrected chi connectivity index (χ1v) is 5.75. The predicted octanol–water partition coefficient (Wildman–Crippen LogP) is 2.64. The van der Waals surface area contributed by atoms with Crippen LogP contribution in [0, 0.1) is 11.7 Å². The second-order valence-corrected chi connectivity index (χ2v) is 4.44. The van der Waals surface area contributed by atoms with E-state index in [1.807, 2.05) is 0 Å². The standard InChI is InChI=1S/C11H18FN3/c12-10-9(14-15-11(10)13)7-6-8-4-2-1-3-5-8/h8H,1-7H2,(H3,13,14,15). The Labute approximate surface area is 89.2 Å². The number of H-pyrrole nitrogens is 1. The number of aryl methyl sites for hydroxylation is 1. The van der Waals surface area contributed by atoms with E-state index in [1.54, 1.807) is 0 Å². The monoisotopic (exact) mass is 211 g/mol. The molecule has 0 bridgehead atoms. The lowest BCUT2D eigenvalue weighted by Crippen LogP contribution is -2.07. The van der Waals surface area contributed by atoms with Crippen molar-refractivity contribution >= 4 is 5.82 Å². The van der Waals surface area contributed by atoms with Crippen molar-refractivity contribution in [3.63, 3.8) is 0 Å². The highest BCUT2D eigenvalue weighted by atomic mass is 19.1. The SMILES string of the molecule is Nc1n[nH]c(CCC2CCCCC2)c1F. The van der Waals surface area contributed by atoms with Gasteiger partial charge in [0, 0.05) is 0 Å². The van der Waals surface area contributed by atoms with Crippen LogP contribution < -0.4 is 5.73 Å². The number of aromatic nitrogens is 2. The number of anilines is 1. The molecule has 0 amide bonds. The normalized spacial score (nSPS) is 18.2. The van der Waals surface area contributed by atoms with E-state index in [0.717, 1.165) is 18.8 Å². The van der Waals surface area contributed by atoms with Gasteiger partial charge in [-0.3, -0.25) is 5.10 Å². The molecule has 3 nitrogen and oxygen atoms in total. The Bertz CT molecular complexity index is 316. The number of nitrogens with two attached hydrogens (primary N) is 1. The first kappa shape index (κ1) is 10.5. The average molecular weight is 211 g/mol. The zero-order chi connectivity index (χ0) is 10.7. The van der Waals surface area contributed by atoms with Crippen molar-refractivity contribution in [2.45, 2.75) is 44.9 Å². The van der Waals surface area contributed by atoms with E-state index in [1.165, 1.54) is 32.1 Å². The smallest absolute Gasteiger partial charge is 0.187 e. The molecule has 0 saturated heterocycles. The Morgan fingerprint density at radius 2 is 2.07 bits per heavy atom. The Hall–Kier alpha value is -1.06. The maximum atomic E-state index is 13.3. The first-order valence-electron chi connectivity index (χ1n) is 5.75. The lowest BCUT2D eigenvalue weighted by molar-refractivity contribution is 0.337. The van der Waals surface area contributed by atoms with Gasteiger partial charge < -0.3 is 5.73 Å². The van der Waals surface area contributed by atoms with E-state index >= 15 is 0 Å².